The van der Waals surface area contributed by atoms with Gasteiger partial charge in [-0.15, -0.1) is 0 Å². The fourth-order valence-electron chi connectivity index (χ4n) is 3.43. The van der Waals surface area contributed by atoms with E-state index in [0.717, 1.165) is 24.6 Å². The van der Waals surface area contributed by atoms with Crippen LogP contribution in [-0.2, 0) is 0 Å². The smallest absolute Gasteiger partial charge is 0.255 e. The fraction of sp³-hybridized carbons (Fsp3) is 0.409. The molecule has 1 saturated heterocycles. The van der Waals surface area contributed by atoms with E-state index in [1.165, 1.54) is 18.5 Å². The molecule has 0 bridgehead atoms. The Bertz CT molecular complexity index is 734. The summed E-state index contributed by atoms with van der Waals surface area (Å²) in [5, 5.41) is 3.06. The molecule has 138 valence electrons. The number of hydrogen-bond acceptors (Lipinski definition) is 3. The average Bonchev–Trinajstić information content (AvgIpc) is 2.68. The standard InChI is InChI=1S/C22H28N2O2/c1-16-12-14-24(15-13-16)19-10-8-18(9-11-19)17(2)23-22(25)20-6-4-5-7-21(20)26-3/h4-11,16-17H,12-15H2,1-3H3,(H,23,25)/t17-/m1/s1. The second kappa shape index (κ2) is 8.26. The second-order valence-electron chi connectivity index (χ2n) is 7.16. The van der Waals surface area contributed by atoms with Crippen LogP contribution in [0, 0.1) is 5.92 Å². The first-order chi connectivity index (χ1) is 12.6. The van der Waals surface area contributed by atoms with Crippen molar-refractivity contribution in [2.24, 2.45) is 5.92 Å². The minimum Gasteiger partial charge on any atom is -0.496 e. The summed E-state index contributed by atoms with van der Waals surface area (Å²) in [4.78, 5) is 15.0. The average molecular weight is 352 g/mol. The van der Waals surface area contributed by atoms with Gasteiger partial charge in [0.1, 0.15) is 5.75 Å². The van der Waals surface area contributed by atoms with Gasteiger partial charge in [-0.1, -0.05) is 31.2 Å². The van der Waals surface area contributed by atoms with Gasteiger partial charge in [-0.25, -0.2) is 0 Å². The number of rotatable bonds is 5. The number of carbonyl (C=O) groups is 1. The predicted molar refractivity (Wildman–Crippen MR) is 106 cm³/mol. The van der Waals surface area contributed by atoms with Crippen molar-refractivity contribution in [2.45, 2.75) is 32.7 Å². The van der Waals surface area contributed by atoms with Crippen LogP contribution in [0.5, 0.6) is 5.75 Å². The van der Waals surface area contributed by atoms with Gasteiger partial charge in [-0.3, -0.25) is 4.79 Å². The van der Waals surface area contributed by atoms with Gasteiger partial charge < -0.3 is 15.0 Å². The normalized spacial score (nSPS) is 16.2. The summed E-state index contributed by atoms with van der Waals surface area (Å²) in [7, 11) is 1.58. The Morgan fingerprint density at radius 2 is 1.77 bits per heavy atom. The molecular formula is C22H28N2O2. The third kappa shape index (κ3) is 4.18. The molecule has 2 aromatic rings. The van der Waals surface area contributed by atoms with Crippen LogP contribution in [0.1, 0.15) is 48.7 Å². The molecule has 1 amide bonds. The first-order valence-corrected chi connectivity index (χ1v) is 9.37. The number of benzene rings is 2. The lowest BCUT2D eigenvalue weighted by Gasteiger charge is -2.32. The molecule has 0 aromatic heterocycles. The van der Waals surface area contributed by atoms with Gasteiger partial charge >= 0.3 is 0 Å². The highest BCUT2D eigenvalue weighted by Crippen LogP contribution is 2.25. The van der Waals surface area contributed by atoms with E-state index in [-0.39, 0.29) is 11.9 Å². The molecule has 1 atom stereocenters. The van der Waals surface area contributed by atoms with E-state index in [0.29, 0.717) is 11.3 Å². The summed E-state index contributed by atoms with van der Waals surface area (Å²) in [6.45, 7) is 6.58. The van der Waals surface area contributed by atoms with Gasteiger partial charge in [0.15, 0.2) is 0 Å². The SMILES string of the molecule is COc1ccccc1C(=O)N[C@H](C)c1ccc(N2CCC(C)CC2)cc1. The van der Waals surface area contributed by atoms with Crippen LogP contribution in [0.4, 0.5) is 5.69 Å². The molecule has 4 heteroatoms. The van der Waals surface area contributed by atoms with Crippen molar-refractivity contribution in [3.05, 3.63) is 59.7 Å². The van der Waals surface area contributed by atoms with E-state index >= 15 is 0 Å². The number of ether oxygens (including phenoxy) is 1. The van der Waals surface area contributed by atoms with Crippen molar-refractivity contribution in [3.63, 3.8) is 0 Å². The van der Waals surface area contributed by atoms with Gasteiger partial charge in [0.05, 0.1) is 18.7 Å². The summed E-state index contributed by atoms with van der Waals surface area (Å²) >= 11 is 0. The van der Waals surface area contributed by atoms with Crippen LogP contribution < -0.4 is 15.0 Å². The molecule has 0 unspecified atom stereocenters. The highest BCUT2D eigenvalue weighted by Gasteiger charge is 2.17. The Hall–Kier alpha value is -2.49. The lowest BCUT2D eigenvalue weighted by molar-refractivity contribution is 0.0937. The number of carbonyl (C=O) groups excluding carboxylic acids is 1. The summed E-state index contributed by atoms with van der Waals surface area (Å²) in [6, 6.07) is 15.8. The van der Waals surface area contributed by atoms with Crippen LogP contribution in [0.25, 0.3) is 0 Å². The second-order valence-corrected chi connectivity index (χ2v) is 7.16. The van der Waals surface area contributed by atoms with Crippen molar-refractivity contribution in [1.82, 2.24) is 5.32 Å². The maximum Gasteiger partial charge on any atom is 0.255 e. The molecule has 3 rings (SSSR count). The fourth-order valence-corrected chi connectivity index (χ4v) is 3.43. The highest BCUT2D eigenvalue weighted by molar-refractivity contribution is 5.97. The quantitative estimate of drug-likeness (QED) is 0.866. The Balaban J connectivity index is 1.64. The van der Waals surface area contributed by atoms with Gasteiger partial charge in [-0.2, -0.15) is 0 Å². The van der Waals surface area contributed by atoms with Crippen LogP contribution in [0.3, 0.4) is 0 Å². The van der Waals surface area contributed by atoms with E-state index in [2.05, 4.69) is 41.4 Å². The van der Waals surface area contributed by atoms with E-state index < -0.39 is 0 Å². The van der Waals surface area contributed by atoms with E-state index in [1.54, 1.807) is 19.2 Å². The molecule has 1 N–H and O–H groups in total. The number of amides is 1. The number of para-hydroxylation sites is 1. The Labute approximate surface area is 156 Å². The van der Waals surface area contributed by atoms with Gasteiger partial charge in [-0.05, 0) is 55.5 Å². The van der Waals surface area contributed by atoms with Crippen molar-refractivity contribution in [3.8, 4) is 5.75 Å². The third-order valence-corrected chi connectivity index (χ3v) is 5.24. The van der Waals surface area contributed by atoms with Crippen molar-refractivity contribution in [1.29, 1.82) is 0 Å². The lowest BCUT2D eigenvalue weighted by Crippen LogP contribution is -2.32. The Kier molecular flexibility index (Phi) is 5.82. The molecule has 0 spiro atoms. The van der Waals surface area contributed by atoms with Gasteiger partial charge in [0, 0.05) is 18.8 Å². The molecule has 4 nitrogen and oxygen atoms in total. The number of nitrogens with zero attached hydrogens (tertiary/aromatic N) is 1. The minimum atomic E-state index is -0.121. The number of hydrogen-bond donors (Lipinski definition) is 1. The van der Waals surface area contributed by atoms with E-state index in [1.807, 2.05) is 19.1 Å². The zero-order valence-corrected chi connectivity index (χ0v) is 15.9. The number of nitrogens with one attached hydrogen (secondary N) is 1. The number of anilines is 1. The van der Waals surface area contributed by atoms with Crippen LogP contribution >= 0.6 is 0 Å². The summed E-state index contributed by atoms with van der Waals surface area (Å²) in [5.41, 5.74) is 2.92. The van der Waals surface area contributed by atoms with Crippen molar-refractivity contribution < 1.29 is 9.53 Å². The number of methoxy groups -OCH3 is 1. The first-order valence-electron chi connectivity index (χ1n) is 9.37. The topological polar surface area (TPSA) is 41.6 Å². The van der Waals surface area contributed by atoms with Gasteiger partial charge in [0.25, 0.3) is 5.91 Å². The molecule has 1 heterocycles. The molecule has 0 aliphatic carbocycles. The summed E-state index contributed by atoms with van der Waals surface area (Å²) in [5.74, 6) is 1.30. The Morgan fingerprint density at radius 1 is 1.12 bits per heavy atom. The highest BCUT2D eigenvalue weighted by atomic mass is 16.5. The largest absolute Gasteiger partial charge is 0.496 e. The minimum absolute atomic E-state index is 0.0668. The van der Waals surface area contributed by atoms with Crippen LogP contribution in [0.15, 0.2) is 48.5 Å². The van der Waals surface area contributed by atoms with Crippen LogP contribution in [-0.4, -0.2) is 26.1 Å². The monoisotopic (exact) mass is 352 g/mol. The van der Waals surface area contributed by atoms with Gasteiger partial charge in [0.2, 0.25) is 0 Å². The van der Waals surface area contributed by atoms with E-state index in [4.69, 9.17) is 4.74 Å². The molecule has 0 saturated carbocycles. The molecule has 1 aliphatic heterocycles. The lowest BCUT2D eigenvalue weighted by atomic mass is 9.98. The molecular weight excluding hydrogens is 324 g/mol. The third-order valence-electron chi connectivity index (χ3n) is 5.24. The van der Waals surface area contributed by atoms with Crippen molar-refractivity contribution >= 4 is 11.6 Å². The maximum atomic E-state index is 12.6. The Morgan fingerprint density at radius 3 is 2.42 bits per heavy atom. The van der Waals surface area contributed by atoms with Crippen molar-refractivity contribution in [2.75, 3.05) is 25.1 Å². The summed E-state index contributed by atoms with van der Waals surface area (Å²) < 4.78 is 5.28. The molecule has 2 aromatic carbocycles. The van der Waals surface area contributed by atoms with Crippen LogP contribution in [0.2, 0.25) is 0 Å². The summed E-state index contributed by atoms with van der Waals surface area (Å²) in [6.07, 6.45) is 2.51. The molecule has 1 aliphatic rings. The molecule has 0 radical (unpaired) electrons. The number of piperidine rings is 1. The zero-order chi connectivity index (χ0) is 18.5. The maximum absolute atomic E-state index is 12.6. The first kappa shape index (κ1) is 18.3. The zero-order valence-electron chi connectivity index (χ0n) is 15.9. The van der Waals surface area contributed by atoms with E-state index in [9.17, 15) is 4.79 Å². The predicted octanol–water partition coefficient (Wildman–Crippen LogP) is 4.42. The molecule has 1 fully saturated rings. The molecule has 26 heavy (non-hydrogen) atoms.